The van der Waals surface area contributed by atoms with Crippen molar-refractivity contribution in [3.05, 3.63) is 35.4 Å². The number of hydrogen-bond acceptors (Lipinski definition) is 3. The Labute approximate surface area is 99.8 Å². The van der Waals surface area contributed by atoms with Gasteiger partial charge in [-0.3, -0.25) is 4.79 Å². The number of hydrogen-bond donors (Lipinski definition) is 1. The summed E-state index contributed by atoms with van der Waals surface area (Å²) in [4.78, 5) is 11.5. The monoisotopic (exact) mass is 234 g/mol. The number of rotatable bonds is 5. The molecule has 0 aliphatic heterocycles. The van der Waals surface area contributed by atoms with Gasteiger partial charge in [0.25, 0.3) is 0 Å². The van der Waals surface area contributed by atoms with Gasteiger partial charge in [-0.15, -0.1) is 0 Å². The predicted molar refractivity (Wildman–Crippen MR) is 66.3 cm³/mol. The molecular formula is C12H14N2OS. The van der Waals surface area contributed by atoms with Gasteiger partial charge in [0.2, 0.25) is 5.91 Å². The smallest absolute Gasteiger partial charge is 0.224 e. The molecule has 3 nitrogen and oxygen atoms in total. The molecule has 0 unspecified atom stereocenters. The predicted octanol–water partition coefficient (Wildman–Crippen LogP) is 1.58. The van der Waals surface area contributed by atoms with E-state index in [-0.39, 0.29) is 5.91 Å². The van der Waals surface area contributed by atoms with Crippen molar-refractivity contribution < 1.29 is 4.79 Å². The summed E-state index contributed by atoms with van der Waals surface area (Å²) in [5, 5.41) is 11.5. The highest BCUT2D eigenvalue weighted by atomic mass is 32.2. The van der Waals surface area contributed by atoms with Gasteiger partial charge in [0.05, 0.1) is 18.1 Å². The number of nitriles is 1. The molecule has 1 aromatic carbocycles. The van der Waals surface area contributed by atoms with E-state index in [9.17, 15) is 4.79 Å². The zero-order valence-corrected chi connectivity index (χ0v) is 10.0. The van der Waals surface area contributed by atoms with E-state index in [1.807, 2.05) is 24.5 Å². The lowest BCUT2D eigenvalue weighted by Gasteiger charge is -2.04. The number of nitrogens with one attached hydrogen (secondary N) is 1. The van der Waals surface area contributed by atoms with Crippen molar-refractivity contribution in [2.24, 2.45) is 0 Å². The molecule has 0 aliphatic rings. The van der Waals surface area contributed by atoms with E-state index >= 15 is 0 Å². The molecule has 0 atom stereocenters. The van der Waals surface area contributed by atoms with Gasteiger partial charge < -0.3 is 5.32 Å². The number of carbonyl (C=O) groups is 1. The van der Waals surface area contributed by atoms with E-state index in [4.69, 9.17) is 5.26 Å². The van der Waals surface area contributed by atoms with Crippen LogP contribution in [-0.4, -0.2) is 24.5 Å². The maximum atomic E-state index is 11.5. The van der Waals surface area contributed by atoms with Crippen molar-refractivity contribution in [3.63, 3.8) is 0 Å². The lowest BCUT2D eigenvalue weighted by atomic mass is 10.1. The van der Waals surface area contributed by atoms with Crippen LogP contribution in [0.25, 0.3) is 0 Å². The van der Waals surface area contributed by atoms with E-state index in [0.29, 0.717) is 18.5 Å². The summed E-state index contributed by atoms with van der Waals surface area (Å²) < 4.78 is 0. The summed E-state index contributed by atoms with van der Waals surface area (Å²) in [5.74, 6) is 0.956. The van der Waals surface area contributed by atoms with E-state index in [1.54, 1.807) is 23.9 Å². The Kier molecular flexibility index (Phi) is 5.44. The quantitative estimate of drug-likeness (QED) is 0.787. The first-order valence-electron chi connectivity index (χ1n) is 5.01. The SMILES string of the molecule is CSCCNC(=O)Cc1ccc(C#N)cc1. The van der Waals surface area contributed by atoms with Crippen LogP contribution in [0.15, 0.2) is 24.3 Å². The fourth-order valence-electron chi connectivity index (χ4n) is 1.24. The lowest BCUT2D eigenvalue weighted by molar-refractivity contribution is -0.120. The molecule has 4 heteroatoms. The van der Waals surface area contributed by atoms with Crippen LogP contribution in [0, 0.1) is 11.3 Å². The zero-order valence-electron chi connectivity index (χ0n) is 9.19. The van der Waals surface area contributed by atoms with E-state index in [2.05, 4.69) is 5.32 Å². The van der Waals surface area contributed by atoms with Crippen LogP contribution in [0.4, 0.5) is 0 Å². The summed E-state index contributed by atoms with van der Waals surface area (Å²) in [5.41, 5.74) is 1.55. The first kappa shape index (κ1) is 12.6. The Balaban J connectivity index is 2.41. The van der Waals surface area contributed by atoms with Gasteiger partial charge in [-0.1, -0.05) is 12.1 Å². The van der Waals surface area contributed by atoms with Gasteiger partial charge in [-0.2, -0.15) is 17.0 Å². The summed E-state index contributed by atoms with van der Waals surface area (Å²) in [6.07, 6.45) is 2.38. The molecule has 84 valence electrons. The van der Waals surface area contributed by atoms with Crippen molar-refractivity contribution in [3.8, 4) is 6.07 Å². The summed E-state index contributed by atoms with van der Waals surface area (Å²) in [6, 6.07) is 9.12. The third kappa shape index (κ3) is 4.37. The van der Waals surface area contributed by atoms with Gasteiger partial charge >= 0.3 is 0 Å². The number of nitrogens with zero attached hydrogens (tertiary/aromatic N) is 1. The minimum absolute atomic E-state index is 0.0266. The fourth-order valence-corrected chi connectivity index (χ4v) is 1.54. The third-order valence-corrected chi connectivity index (χ3v) is 2.69. The molecule has 0 saturated carbocycles. The highest BCUT2D eigenvalue weighted by Crippen LogP contribution is 2.03. The Hall–Kier alpha value is -1.47. The molecule has 0 spiro atoms. The van der Waals surface area contributed by atoms with Gasteiger partial charge in [0, 0.05) is 12.3 Å². The average Bonchev–Trinajstić information content (AvgIpc) is 2.30. The Morgan fingerprint density at radius 2 is 2.12 bits per heavy atom. The second kappa shape index (κ2) is 6.91. The molecule has 0 saturated heterocycles. The molecule has 0 aromatic heterocycles. The minimum atomic E-state index is 0.0266. The highest BCUT2D eigenvalue weighted by Gasteiger charge is 2.02. The standard InChI is InChI=1S/C12H14N2OS/c1-16-7-6-14-12(15)8-10-2-4-11(9-13)5-3-10/h2-5H,6-8H2,1H3,(H,14,15). The maximum Gasteiger partial charge on any atom is 0.224 e. The van der Waals surface area contributed by atoms with Crippen LogP contribution in [0.1, 0.15) is 11.1 Å². The van der Waals surface area contributed by atoms with Crippen molar-refractivity contribution in [1.82, 2.24) is 5.32 Å². The van der Waals surface area contributed by atoms with Crippen LogP contribution >= 0.6 is 11.8 Å². The van der Waals surface area contributed by atoms with Crippen LogP contribution in [-0.2, 0) is 11.2 Å². The molecule has 0 radical (unpaired) electrons. The highest BCUT2D eigenvalue weighted by molar-refractivity contribution is 7.98. The van der Waals surface area contributed by atoms with Gasteiger partial charge in [0.1, 0.15) is 0 Å². The summed E-state index contributed by atoms with van der Waals surface area (Å²) in [7, 11) is 0. The van der Waals surface area contributed by atoms with Gasteiger partial charge in [0.15, 0.2) is 0 Å². The summed E-state index contributed by atoms with van der Waals surface area (Å²) in [6.45, 7) is 0.705. The largest absolute Gasteiger partial charge is 0.355 e. The molecule has 0 bridgehead atoms. The van der Waals surface area contributed by atoms with Gasteiger partial charge in [-0.05, 0) is 24.0 Å². The molecule has 0 heterocycles. The molecule has 0 aliphatic carbocycles. The Morgan fingerprint density at radius 3 is 2.69 bits per heavy atom. The normalized spacial score (nSPS) is 9.50. The molecule has 1 amide bonds. The van der Waals surface area contributed by atoms with E-state index in [1.165, 1.54) is 0 Å². The first-order valence-corrected chi connectivity index (χ1v) is 6.40. The second-order valence-corrected chi connectivity index (χ2v) is 4.31. The number of thioether (sulfide) groups is 1. The lowest BCUT2D eigenvalue weighted by Crippen LogP contribution is -2.27. The third-order valence-electron chi connectivity index (χ3n) is 2.08. The molecule has 0 fully saturated rings. The maximum absolute atomic E-state index is 11.5. The van der Waals surface area contributed by atoms with E-state index in [0.717, 1.165) is 11.3 Å². The molecule has 16 heavy (non-hydrogen) atoms. The van der Waals surface area contributed by atoms with Crippen LogP contribution in [0.2, 0.25) is 0 Å². The topological polar surface area (TPSA) is 52.9 Å². The van der Waals surface area contributed by atoms with Crippen molar-refractivity contribution in [1.29, 1.82) is 5.26 Å². The Bertz CT molecular complexity index is 381. The molecule has 1 aromatic rings. The van der Waals surface area contributed by atoms with Crippen molar-refractivity contribution in [2.75, 3.05) is 18.6 Å². The number of amides is 1. The van der Waals surface area contributed by atoms with Crippen molar-refractivity contribution >= 4 is 17.7 Å². The van der Waals surface area contributed by atoms with E-state index < -0.39 is 0 Å². The molecule has 1 rings (SSSR count). The molecule has 1 N–H and O–H groups in total. The van der Waals surface area contributed by atoms with Crippen LogP contribution < -0.4 is 5.32 Å². The zero-order chi connectivity index (χ0) is 11.8. The minimum Gasteiger partial charge on any atom is -0.355 e. The number of benzene rings is 1. The molecular weight excluding hydrogens is 220 g/mol. The average molecular weight is 234 g/mol. The second-order valence-electron chi connectivity index (χ2n) is 3.33. The van der Waals surface area contributed by atoms with Crippen LogP contribution in [0.3, 0.4) is 0 Å². The summed E-state index contributed by atoms with van der Waals surface area (Å²) >= 11 is 1.70. The van der Waals surface area contributed by atoms with Crippen LogP contribution in [0.5, 0.6) is 0 Å². The first-order chi connectivity index (χ1) is 7.76. The van der Waals surface area contributed by atoms with Crippen molar-refractivity contribution in [2.45, 2.75) is 6.42 Å². The fraction of sp³-hybridized carbons (Fsp3) is 0.333. The van der Waals surface area contributed by atoms with Gasteiger partial charge in [-0.25, -0.2) is 0 Å². The number of carbonyl (C=O) groups excluding carboxylic acids is 1. The Morgan fingerprint density at radius 1 is 1.44 bits per heavy atom.